The first kappa shape index (κ1) is 25.5. The lowest BCUT2D eigenvalue weighted by atomic mass is 9.97. The predicted molar refractivity (Wildman–Crippen MR) is 148 cm³/mol. The minimum absolute atomic E-state index is 0.0603. The Morgan fingerprint density at radius 3 is 2.68 bits per heavy atom. The normalized spacial score (nSPS) is 15.4. The molecule has 0 unspecified atom stereocenters. The van der Waals surface area contributed by atoms with Gasteiger partial charge in [0.25, 0.3) is 0 Å². The van der Waals surface area contributed by atoms with E-state index < -0.39 is 0 Å². The SMILES string of the molecule is C=CC(=O)N1CCN(c2c(C#N)c(OCCN(C)C)nc3c2CCN(c2ccnc4ccccc24)C3)CC1. The van der Waals surface area contributed by atoms with Gasteiger partial charge < -0.3 is 24.3 Å². The molecule has 196 valence electrons. The zero-order valence-electron chi connectivity index (χ0n) is 22.1. The molecular weight excluding hydrogens is 478 g/mol. The number of piperazine rings is 1. The summed E-state index contributed by atoms with van der Waals surface area (Å²) in [5.41, 5.74) is 5.50. The number of carbonyl (C=O) groups is 1. The van der Waals surface area contributed by atoms with E-state index >= 15 is 0 Å². The van der Waals surface area contributed by atoms with Gasteiger partial charge in [-0.1, -0.05) is 24.8 Å². The first-order chi connectivity index (χ1) is 18.5. The van der Waals surface area contributed by atoms with E-state index in [0.29, 0.717) is 50.8 Å². The Morgan fingerprint density at radius 2 is 1.95 bits per heavy atom. The summed E-state index contributed by atoms with van der Waals surface area (Å²) in [4.78, 5) is 30.0. The summed E-state index contributed by atoms with van der Waals surface area (Å²) in [6.07, 6.45) is 3.97. The van der Waals surface area contributed by atoms with Crippen molar-refractivity contribution < 1.29 is 9.53 Å². The molecule has 2 aliphatic heterocycles. The zero-order valence-corrected chi connectivity index (χ0v) is 22.1. The zero-order chi connectivity index (χ0) is 26.6. The summed E-state index contributed by atoms with van der Waals surface area (Å²) in [6.45, 7) is 8.63. The largest absolute Gasteiger partial charge is 0.475 e. The maximum Gasteiger partial charge on any atom is 0.246 e. The molecule has 0 saturated carbocycles. The Labute approximate surface area is 223 Å². The fourth-order valence-electron chi connectivity index (χ4n) is 5.26. The summed E-state index contributed by atoms with van der Waals surface area (Å²) in [6, 6.07) is 12.6. The van der Waals surface area contributed by atoms with Crippen molar-refractivity contribution in [2.45, 2.75) is 13.0 Å². The van der Waals surface area contributed by atoms with Crippen LogP contribution in [-0.2, 0) is 17.8 Å². The van der Waals surface area contributed by atoms with Gasteiger partial charge in [0.05, 0.1) is 23.4 Å². The number of anilines is 2. The molecule has 5 rings (SSSR count). The molecule has 4 heterocycles. The molecule has 9 nitrogen and oxygen atoms in total. The average molecular weight is 512 g/mol. The van der Waals surface area contributed by atoms with Crippen molar-refractivity contribution in [3.8, 4) is 11.9 Å². The van der Waals surface area contributed by atoms with Gasteiger partial charge in [-0.3, -0.25) is 9.78 Å². The van der Waals surface area contributed by atoms with Crippen molar-refractivity contribution >= 4 is 28.2 Å². The monoisotopic (exact) mass is 511 g/mol. The van der Waals surface area contributed by atoms with Crippen molar-refractivity contribution in [1.29, 1.82) is 5.26 Å². The van der Waals surface area contributed by atoms with Gasteiger partial charge in [0, 0.05) is 62.1 Å². The number of likely N-dealkylation sites (N-methyl/N-ethyl adjacent to an activating group) is 1. The Hall–Kier alpha value is -4.16. The minimum atomic E-state index is -0.0603. The molecule has 1 saturated heterocycles. The van der Waals surface area contributed by atoms with Crippen LogP contribution in [0.3, 0.4) is 0 Å². The lowest BCUT2D eigenvalue weighted by Crippen LogP contribution is -2.49. The van der Waals surface area contributed by atoms with Crippen molar-refractivity contribution in [2.24, 2.45) is 0 Å². The van der Waals surface area contributed by atoms with Crippen LogP contribution in [0, 0.1) is 11.3 Å². The lowest BCUT2D eigenvalue weighted by Gasteiger charge is -2.39. The first-order valence-corrected chi connectivity index (χ1v) is 13.0. The van der Waals surface area contributed by atoms with Gasteiger partial charge in [-0.25, -0.2) is 4.98 Å². The minimum Gasteiger partial charge on any atom is -0.475 e. The van der Waals surface area contributed by atoms with E-state index in [2.05, 4.69) is 39.6 Å². The number of rotatable bonds is 7. The van der Waals surface area contributed by atoms with Crippen LogP contribution in [0.2, 0.25) is 0 Å². The topological polar surface area (TPSA) is 88.8 Å². The summed E-state index contributed by atoms with van der Waals surface area (Å²) in [5, 5.41) is 11.4. The van der Waals surface area contributed by atoms with Crippen molar-refractivity contribution in [3.05, 3.63) is 66.0 Å². The number of nitriles is 1. The fraction of sp³-hybridized carbons (Fsp3) is 0.379. The van der Waals surface area contributed by atoms with Gasteiger partial charge in [0.1, 0.15) is 18.2 Å². The molecule has 9 heteroatoms. The molecule has 2 aliphatic rings. The summed E-state index contributed by atoms with van der Waals surface area (Å²) in [7, 11) is 3.97. The smallest absolute Gasteiger partial charge is 0.246 e. The summed E-state index contributed by atoms with van der Waals surface area (Å²) < 4.78 is 6.12. The number of para-hydroxylation sites is 1. The second kappa shape index (κ2) is 11.1. The number of aromatic nitrogens is 2. The number of nitrogens with zero attached hydrogens (tertiary/aromatic N) is 7. The van der Waals surface area contributed by atoms with Crippen LogP contribution in [0.5, 0.6) is 5.88 Å². The number of hydrogen-bond acceptors (Lipinski definition) is 8. The van der Waals surface area contributed by atoms with Crippen molar-refractivity contribution in [2.75, 3.05) is 69.8 Å². The maximum atomic E-state index is 12.2. The van der Waals surface area contributed by atoms with Crippen LogP contribution < -0.4 is 14.5 Å². The molecule has 3 aromatic rings. The third kappa shape index (κ3) is 5.00. The van der Waals surface area contributed by atoms with Crippen LogP contribution in [0.4, 0.5) is 11.4 Å². The van der Waals surface area contributed by atoms with E-state index in [-0.39, 0.29) is 5.91 Å². The van der Waals surface area contributed by atoms with E-state index in [9.17, 15) is 10.1 Å². The highest BCUT2D eigenvalue weighted by molar-refractivity contribution is 5.91. The number of carbonyl (C=O) groups excluding carboxylic acids is 1. The molecule has 38 heavy (non-hydrogen) atoms. The van der Waals surface area contributed by atoms with Gasteiger partial charge >= 0.3 is 0 Å². The molecule has 0 bridgehead atoms. The van der Waals surface area contributed by atoms with Crippen LogP contribution in [0.15, 0.2) is 49.2 Å². The van der Waals surface area contributed by atoms with Crippen molar-refractivity contribution in [1.82, 2.24) is 19.8 Å². The van der Waals surface area contributed by atoms with Crippen LogP contribution >= 0.6 is 0 Å². The lowest BCUT2D eigenvalue weighted by molar-refractivity contribution is -0.126. The quantitative estimate of drug-likeness (QED) is 0.448. The van der Waals surface area contributed by atoms with Crippen LogP contribution in [0.1, 0.15) is 16.8 Å². The molecule has 1 amide bonds. The highest BCUT2D eigenvalue weighted by atomic mass is 16.5. The van der Waals surface area contributed by atoms with E-state index in [1.165, 1.54) is 6.08 Å². The molecule has 2 aromatic heterocycles. The molecule has 0 N–H and O–H groups in total. The summed E-state index contributed by atoms with van der Waals surface area (Å²) in [5.74, 6) is 0.323. The summed E-state index contributed by atoms with van der Waals surface area (Å²) >= 11 is 0. The number of hydrogen-bond donors (Lipinski definition) is 0. The standard InChI is InChI=1S/C29H33N7O2/c1-4-27(37)34-13-15-35(16-14-34)28-22-10-12-36(26-9-11-31-24-8-6-5-7-21(24)26)20-25(22)32-29(23(28)19-30)38-18-17-33(2)3/h4-9,11H,1,10,12-18,20H2,2-3H3. The highest BCUT2D eigenvalue weighted by Gasteiger charge is 2.31. The molecule has 1 aromatic carbocycles. The van der Waals surface area contributed by atoms with Gasteiger partial charge in [-0.2, -0.15) is 5.26 Å². The molecular formula is C29H33N7O2. The number of benzene rings is 1. The second-order valence-corrected chi connectivity index (χ2v) is 9.86. The van der Waals surface area contributed by atoms with Crippen LogP contribution in [0.25, 0.3) is 10.9 Å². The number of amides is 1. The van der Waals surface area contributed by atoms with E-state index in [1.54, 1.807) is 4.90 Å². The van der Waals surface area contributed by atoms with Crippen LogP contribution in [-0.4, -0.2) is 85.6 Å². The first-order valence-electron chi connectivity index (χ1n) is 13.0. The predicted octanol–water partition coefficient (Wildman–Crippen LogP) is 2.84. The van der Waals surface area contributed by atoms with E-state index in [4.69, 9.17) is 9.72 Å². The molecule has 0 spiro atoms. The Bertz CT molecular complexity index is 1380. The third-order valence-electron chi connectivity index (χ3n) is 7.23. The fourth-order valence-corrected chi connectivity index (χ4v) is 5.26. The average Bonchev–Trinajstić information content (AvgIpc) is 2.95. The third-order valence-corrected chi connectivity index (χ3v) is 7.23. The molecule has 1 fully saturated rings. The Balaban J connectivity index is 1.52. The van der Waals surface area contributed by atoms with Gasteiger partial charge in [0.15, 0.2) is 0 Å². The Morgan fingerprint density at radius 1 is 1.16 bits per heavy atom. The molecule has 0 aliphatic carbocycles. The van der Waals surface area contributed by atoms with Gasteiger partial charge in [-0.15, -0.1) is 0 Å². The van der Waals surface area contributed by atoms with Crippen molar-refractivity contribution in [3.63, 3.8) is 0 Å². The Kier molecular flexibility index (Phi) is 7.43. The number of pyridine rings is 2. The van der Waals surface area contributed by atoms with Gasteiger partial charge in [-0.05, 0) is 38.7 Å². The molecule has 0 radical (unpaired) electrons. The highest BCUT2D eigenvalue weighted by Crippen LogP contribution is 2.38. The molecule has 0 atom stereocenters. The number of ether oxygens (including phenoxy) is 1. The van der Waals surface area contributed by atoms with E-state index in [0.717, 1.165) is 53.0 Å². The van der Waals surface area contributed by atoms with E-state index in [1.807, 2.05) is 43.4 Å². The maximum absolute atomic E-state index is 12.2. The van der Waals surface area contributed by atoms with Gasteiger partial charge in [0.2, 0.25) is 11.8 Å². The second-order valence-electron chi connectivity index (χ2n) is 9.86. The number of fused-ring (bicyclic) bond motifs is 2.